The van der Waals surface area contributed by atoms with Gasteiger partial charge >= 0.3 is 0 Å². The van der Waals surface area contributed by atoms with E-state index in [1.165, 1.54) is 4.90 Å². The Labute approximate surface area is 215 Å². The van der Waals surface area contributed by atoms with Gasteiger partial charge in [-0.25, -0.2) is 0 Å². The summed E-state index contributed by atoms with van der Waals surface area (Å²) in [5, 5.41) is 9.27. The summed E-state index contributed by atoms with van der Waals surface area (Å²) < 4.78 is 5.39. The second-order valence-electron chi connectivity index (χ2n) is 8.84. The lowest BCUT2D eigenvalue weighted by Gasteiger charge is -2.36. The number of aromatic amines is 1. The molecule has 190 valence electrons. The molecule has 0 unspecified atom stereocenters. The minimum atomic E-state index is -1.05. The van der Waals surface area contributed by atoms with Crippen molar-refractivity contribution >= 4 is 52.9 Å². The number of hydrogen-bond acceptors (Lipinski definition) is 8. The normalized spacial score (nSPS) is 25.2. The molecule has 0 aliphatic carbocycles. The summed E-state index contributed by atoms with van der Waals surface area (Å²) in [5.41, 5.74) is 4.52. The van der Waals surface area contributed by atoms with Gasteiger partial charge in [0, 0.05) is 18.0 Å². The fraction of sp³-hybridized carbons (Fsp3) is 0.455. The van der Waals surface area contributed by atoms with Crippen molar-refractivity contribution in [3.8, 4) is 5.75 Å². The van der Waals surface area contributed by atoms with E-state index >= 15 is 0 Å². The summed E-state index contributed by atoms with van der Waals surface area (Å²) in [6.45, 7) is 0.0769. The van der Waals surface area contributed by atoms with Crippen LogP contribution in [0.15, 0.2) is 24.3 Å². The number of hydrogen-bond donors (Lipinski definition) is 3. The number of thioether (sulfide) groups is 1. The highest BCUT2D eigenvalue weighted by Gasteiger charge is 2.61. The molecule has 3 saturated heterocycles. The van der Waals surface area contributed by atoms with E-state index in [1.54, 1.807) is 40.9 Å². The molecule has 0 radical (unpaired) electrons. The molecule has 14 heteroatoms. The van der Waals surface area contributed by atoms with E-state index in [0.717, 1.165) is 5.75 Å². The molecule has 1 spiro atoms. The summed E-state index contributed by atoms with van der Waals surface area (Å²) in [4.78, 5) is 58.3. The second-order valence-corrected chi connectivity index (χ2v) is 10.6. The molecular weight excluding hydrogens is 510 g/mol. The average molecular weight is 534 g/mol. The van der Waals surface area contributed by atoms with E-state index < -0.39 is 29.3 Å². The molecule has 0 saturated carbocycles. The molecule has 1 aromatic heterocycles. The van der Waals surface area contributed by atoms with E-state index in [9.17, 15) is 19.2 Å². The van der Waals surface area contributed by atoms with Gasteiger partial charge in [-0.3, -0.25) is 29.6 Å². The Hall–Kier alpha value is -3.32. The Bertz CT molecular complexity index is 1210. The zero-order chi connectivity index (χ0) is 25.4. The molecule has 3 atom stereocenters. The highest BCUT2D eigenvalue weighted by atomic mass is 35.5. The minimum Gasteiger partial charge on any atom is -0.484 e. The standard InChI is InChI=1S/C22H24ClN7O5S/c23-12-2-4-13(5-3-12)35-11-15(31)25-21-26-18(27-28-21)19(33)29-8-1-7-22(29)10-16-30(20(22)34)14(17(24)32)6-9-36-16/h2-5,14,16H,1,6-11H2,(H2,24,32)(H2,25,26,27,28,31)/t14-,16-,22-/m1/s1. The largest absolute Gasteiger partial charge is 0.484 e. The number of likely N-dealkylation sites (tertiary alicyclic amines) is 1. The maximum Gasteiger partial charge on any atom is 0.292 e. The van der Waals surface area contributed by atoms with E-state index in [0.29, 0.717) is 43.0 Å². The molecule has 4 amide bonds. The van der Waals surface area contributed by atoms with Crippen LogP contribution < -0.4 is 15.8 Å². The summed E-state index contributed by atoms with van der Waals surface area (Å²) in [6.07, 6.45) is 2.06. The van der Waals surface area contributed by atoms with Gasteiger partial charge in [-0.1, -0.05) is 11.6 Å². The lowest BCUT2D eigenvalue weighted by atomic mass is 9.94. The fourth-order valence-corrected chi connectivity index (χ4v) is 6.61. The molecule has 3 fully saturated rings. The van der Waals surface area contributed by atoms with E-state index in [-0.39, 0.29) is 29.7 Å². The number of H-pyrrole nitrogens is 1. The van der Waals surface area contributed by atoms with Crippen molar-refractivity contribution in [3.05, 3.63) is 35.1 Å². The number of nitrogens with zero attached hydrogens (tertiary/aromatic N) is 4. The van der Waals surface area contributed by atoms with Gasteiger partial charge < -0.3 is 20.3 Å². The highest BCUT2D eigenvalue weighted by Crippen LogP contribution is 2.48. The van der Waals surface area contributed by atoms with E-state index in [2.05, 4.69) is 20.5 Å². The zero-order valence-corrected chi connectivity index (χ0v) is 20.7. The van der Waals surface area contributed by atoms with Crippen LogP contribution in [0.3, 0.4) is 0 Å². The van der Waals surface area contributed by atoms with Crippen molar-refractivity contribution in [2.75, 3.05) is 24.2 Å². The molecule has 12 nitrogen and oxygen atoms in total. The molecule has 5 rings (SSSR count). The third-order valence-electron chi connectivity index (χ3n) is 6.68. The van der Waals surface area contributed by atoms with Crippen molar-refractivity contribution in [1.82, 2.24) is 25.0 Å². The first kappa shape index (κ1) is 24.4. The van der Waals surface area contributed by atoms with Crippen LogP contribution in [0.2, 0.25) is 5.02 Å². The zero-order valence-electron chi connectivity index (χ0n) is 19.1. The topological polar surface area (TPSA) is 164 Å². The number of benzene rings is 1. The Balaban J connectivity index is 1.26. The van der Waals surface area contributed by atoms with Gasteiger partial charge in [0.05, 0.1) is 5.37 Å². The molecule has 4 heterocycles. The Morgan fingerprint density at radius 3 is 2.83 bits per heavy atom. The number of nitrogens with two attached hydrogens (primary N) is 1. The monoisotopic (exact) mass is 533 g/mol. The lowest BCUT2D eigenvalue weighted by Crippen LogP contribution is -2.56. The van der Waals surface area contributed by atoms with Crippen LogP contribution in [0, 0.1) is 0 Å². The van der Waals surface area contributed by atoms with Gasteiger partial charge in [0.1, 0.15) is 17.3 Å². The summed E-state index contributed by atoms with van der Waals surface area (Å²) >= 11 is 7.43. The number of rotatable bonds is 6. The van der Waals surface area contributed by atoms with Crippen LogP contribution in [-0.2, 0) is 14.4 Å². The number of fused-ring (bicyclic) bond motifs is 1. The number of anilines is 1. The molecule has 2 aromatic rings. The first-order valence-electron chi connectivity index (χ1n) is 11.4. The van der Waals surface area contributed by atoms with E-state index in [1.807, 2.05) is 0 Å². The van der Waals surface area contributed by atoms with Crippen LogP contribution >= 0.6 is 23.4 Å². The lowest BCUT2D eigenvalue weighted by molar-refractivity contribution is -0.142. The summed E-state index contributed by atoms with van der Waals surface area (Å²) in [7, 11) is 0. The number of nitrogens with one attached hydrogen (secondary N) is 2. The first-order chi connectivity index (χ1) is 17.3. The molecule has 3 aliphatic heterocycles. The molecule has 0 bridgehead atoms. The predicted octanol–water partition coefficient (Wildman–Crippen LogP) is 1.000. The maximum atomic E-state index is 13.6. The van der Waals surface area contributed by atoms with Gasteiger partial charge in [-0.15, -0.1) is 16.9 Å². The number of aromatic nitrogens is 3. The molecular formula is C22H24ClN7O5S. The summed E-state index contributed by atoms with van der Waals surface area (Å²) in [5.74, 6) is -0.783. The van der Waals surface area contributed by atoms with Crippen LogP contribution in [-0.4, -0.2) is 84.5 Å². The van der Waals surface area contributed by atoms with Gasteiger partial charge in [0.25, 0.3) is 11.8 Å². The molecule has 36 heavy (non-hydrogen) atoms. The number of amides is 4. The molecule has 1 aromatic carbocycles. The Morgan fingerprint density at radius 2 is 2.08 bits per heavy atom. The molecule has 3 aliphatic rings. The average Bonchev–Trinajstić information content (AvgIpc) is 3.57. The fourth-order valence-electron chi connectivity index (χ4n) is 5.05. The number of carbonyl (C=O) groups excluding carboxylic acids is 4. The van der Waals surface area contributed by atoms with Crippen molar-refractivity contribution in [1.29, 1.82) is 0 Å². The maximum absolute atomic E-state index is 13.6. The Kier molecular flexibility index (Phi) is 6.51. The number of carbonyl (C=O) groups is 4. The first-order valence-corrected chi connectivity index (χ1v) is 12.9. The quantitative estimate of drug-likeness (QED) is 0.495. The SMILES string of the molecule is NC(=O)[C@H]1CCS[C@@H]2C[C@]3(CCCN3C(=O)c3nc(NC(=O)COc4ccc(Cl)cc4)n[nH]3)C(=O)N12. The van der Waals surface area contributed by atoms with Crippen molar-refractivity contribution in [2.24, 2.45) is 5.73 Å². The number of ether oxygens (including phenoxy) is 1. The highest BCUT2D eigenvalue weighted by molar-refractivity contribution is 7.99. The Morgan fingerprint density at radius 1 is 1.31 bits per heavy atom. The minimum absolute atomic E-state index is 0.0872. The van der Waals surface area contributed by atoms with Gasteiger partial charge in [-0.05, 0) is 49.3 Å². The van der Waals surface area contributed by atoms with Crippen molar-refractivity contribution < 1.29 is 23.9 Å². The van der Waals surface area contributed by atoms with Crippen LogP contribution in [0.4, 0.5) is 5.95 Å². The van der Waals surface area contributed by atoms with Crippen molar-refractivity contribution in [2.45, 2.75) is 42.6 Å². The number of primary amides is 1. The second kappa shape index (κ2) is 9.62. The predicted molar refractivity (Wildman–Crippen MR) is 130 cm³/mol. The van der Waals surface area contributed by atoms with Crippen LogP contribution in [0.1, 0.15) is 36.3 Å². The smallest absolute Gasteiger partial charge is 0.292 e. The summed E-state index contributed by atoms with van der Waals surface area (Å²) in [6, 6.07) is 5.88. The third kappa shape index (κ3) is 4.37. The van der Waals surface area contributed by atoms with Gasteiger partial charge in [0.15, 0.2) is 6.61 Å². The van der Waals surface area contributed by atoms with Crippen LogP contribution in [0.25, 0.3) is 0 Å². The number of halogens is 1. The van der Waals surface area contributed by atoms with Crippen molar-refractivity contribution in [3.63, 3.8) is 0 Å². The third-order valence-corrected chi connectivity index (χ3v) is 8.18. The van der Waals surface area contributed by atoms with Crippen LogP contribution in [0.5, 0.6) is 5.75 Å². The molecule has 4 N–H and O–H groups in total. The van der Waals surface area contributed by atoms with Gasteiger partial charge in [0.2, 0.25) is 23.6 Å². The van der Waals surface area contributed by atoms with Gasteiger partial charge in [-0.2, -0.15) is 4.98 Å². The van der Waals surface area contributed by atoms with E-state index in [4.69, 9.17) is 22.1 Å².